The fourth-order valence-corrected chi connectivity index (χ4v) is 2.67. The van der Waals surface area contributed by atoms with Gasteiger partial charge in [0.1, 0.15) is 5.58 Å². The van der Waals surface area contributed by atoms with Gasteiger partial charge in [-0.1, -0.05) is 22.9 Å². The van der Waals surface area contributed by atoms with E-state index < -0.39 is 0 Å². The van der Waals surface area contributed by atoms with Gasteiger partial charge in [0.05, 0.1) is 5.39 Å². The highest BCUT2D eigenvalue weighted by atomic mass is 35.5. The second-order valence-electron chi connectivity index (χ2n) is 4.21. The Labute approximate surface area is 127 Å². The fourth-order valence-electron chi connectivity index (χ4n) is 1.76. The molecule has 1 N–H and O–H groups in total. The van der Waals surface area contributed by atoms with E-state index in [1.54, 1.807) is 18.2 Å². The lowest BCUT2D eigenvalue weighted by Gasteiger charge is -2.00. The van der Waals surface area contributed by atoms with Crippen LogP contribution in [0.4, 0.5) is 5.13 Å². The van der Waals surface area contributed by atoms with Crippen molar-refractivity contribution >= 4 is 44.9 Å². The Morgan fingerprint density at radius 1 is 1.33 bits per heavy atom. The van der Waals surface area contributed by atoms with Crippen LogP contribution in [0.1, 0.15) is 6.92 Å². The van der Waals surface area contributed by atoms with Crippen molar-refractivity contribution in [1.29, 1.82) is 0 Å². The molecular formula is C13H8ClN3O3S. The number of hydrogen-bond donors (Lipinski definition) is 1. The summed E-state index contributed by atoms with van der Waals surface area (Å²) in [6, 6.07) is 6.14. The summed E-state index contributed by atoms with van der Waals surface area (Å²) in [6.45, 7) is 1.38. The quantitative estimate of drug-likeness (QED) is 0.784. The molecule has 0 saturated heterocycles. The molecule has 0 fully saturated rings. The standard InChI is InChI=1S/C13H8ClN3O3S/c1-6(18)15-13-17-16-12(21-13)11-5-9(19)8-4-7(14)2-3-10(8)20-11/h2-5H,1H3,(H,15,17,18). The van der Waals surface area contributed by atoms with Crippen LogP contribution in [0, 0.1) is 0 Å². The summed E-state index contributed by atoms with van der Waals surface area (Å²) in [5.74, 6) is 0.0521. The first-order valence-electron chi connectivity index (χ1n) is 5.88. The molecule has 0 bridgehead atoms. The molecule has 0 aliphatic carbocycles. The van der Waals surface area contributed by atoms with E-state index in [-0.39, 0.29) is 11.3 Å². The van der Waals surface area contributed by atoms with Crippen LogP contribution in [-0.4, -0.2) is 16.1 Å². The molecule has 0 radical (unpaired) electrons. The van der Waals surface area contributed by atoms with Crippen LogP contribution in [0.3, 0.4) is 0 Å². The second kappa shape index (κ2) is 5.27. The molecule has 8 heteroatoms. The Bertz CT molecular complexity index is 903. The van der Waals surface area contributed by atoms with Crippen LogP contribution < -0.4 is 10.7 Å². The Morgan fingerprint density at radius 2 is 2.14 bits per heavy atom. The molecule has 0 aliphatic heterocycles. The average molecular weight is 322 g/mol. The van der Waals surface area contributed by atoms with Crippen LogP contribution >= 0.6 is 22.9 Å². The summed E-state index contributed by atoms with van der Waals surface area (Å²) in [5, 5.41) is 11.9. The van der Waals surface area contributed by atoms with Gasteiger partial charge in [0.25, 0.3) is 0 Å². The number of nitrogens with one attached hydrogen (secondary N) is 1. The van der Waals surface area contributed by atoms with Gasteiger partial charge < -0.3 is 9.73 Å². The fraction of sp³-hybridized carbons (Fsp3) is 0.0769. The number of anilines is 1. The molecule has 3 aromatic rings. The average Bonchev–Trinajstić information content (AvgIpc) is 2.87. The molecule has 0 atom stereocenters. The molecule has 0 unspecified atom stereocenters. The summed E-state index contributed by atoms with van der Waals surface area (Å²) in [4.78, 5) is 23.0. The predicted octanol–water partition coefficient (Wildman–Crippen LogP) is 2.92. The minimum absolute atomic E-state index is 0.218. The molecule has 2 heterocycles. The number of amides is 1. The molecule has 0 spiro atoms. The third-order valence-electron chi connectivity index (χ3n) is 2.61. The maximum Gasteiger partial charge on any atom is 0.223 e. The number of carbonyl (C=O) groups is 1. The lowest BCUT2D eigenvalue weighted by molar-refractivity contribution is -0.114. The van der Waals surface area contributed by atoms with Crippen LogP contribution in [0.5, 0.6) is 0 Å². The van der Waals surface area contributed by atoms with Crippen molar-refractivity contribution in [3.8, 4) is 10.8 Å². The lowest BCUT2D eigenvalue weighted by Crippen LogP contribution is -2.04. The van der Waals surface area contributed by atoms with Gasteiger partial charge in [0, 0.05) is 18.0 Å². The molecule has 1 amide bonds. The summed E-state index contributed by atoms with van der Waals surface area (Å²) >= 11 is 6.98. The second-order valence-corrected chi connectivity index (χ2v) is 5.62. The van der Waals surface area contributed by atoms with Crippen molar-refractivity contribution in [3.63, 3.8) is 0 Å². The smallest absolute Gasteiger partial charge is 0.223 e. The van der Waals surface area contributed by atoms with E-state index in [0.717, 1.165) is 11.3 Å². The first-order chi connectivity index (χ1) is 10.0. The first-order valence-corrected chi connectivity index (χ1v) is 7.07. The molecule has 21 heavy (non-hydrogen) atoms. The van der Waals surface area contributed by atoms with Gasteiger partial charge in [0.2, 0.25) is 11.0 Å². The van der Waals surface area contributed by atoms with Gasteiger partial charge in [-0.2, -0.15) is 0 Å². The van der Waals surface area contributed by atoms with Crippen molar-refractivity contribution in [2.45, 2.75) is 6.92 Å². The zero-order chi connectivity index (χ0) is 15.0. The van der Waals surface area contributed by atoms with Gasteiger partial charge in [-0.25, -0.2) is 0 Å². The minimum Gasteiger partial charge on any atom is -0.453 e. The van der Waals surface area contributed by atoms with Crippen LogP contribution in [-0.2, 0) is 4.79 Å². The van der Waals surface area contributed by atoms with Gasteiger partial charge in [-0.15, -0.1) is 10.2 Å². The highest BCUT2D eigenvalue weighted by Gasteiger charge is 2.12. The Kier molecular flexibility index (Phi) is 3.44. The van der Waals surface area contributed by atoms with E-state index in [1.165, 1.54) is 13.0 Å². The van der Waals surface area contributed by atoms with Crippen molar-refractivity contribution in [2.24, 2.45) is 0 Å². The maximum atomic E-state index is 12.1. The summed E-state index contributed by atoms with van der Waals surface area (Å²) < 4.78 is 5.64. The predicted molar refractivity (Wildman–Crippen MR) is 80.7 cm³/mol. The van der Waals surface area contributed by atoms with E-state index in [2.05, 4.69) is 15.5 Å². The Balaban J connectivity index is 2.08. The normalized spacial score (nSPS) is 10.8. The monoisotopic (exact) mass is 321 g/mol. The van der Waals surface area contributed by atoms with Gasteiger partial charge in [0.15, 0.2) is 16.2 Å². The van der Waals surface area contributed by atoms with E-state index in [1.807, 2.05) is 0 Å². The number of rotatable bonds is 2. The van der Waals surface area contributed by atoms with E-state index in [9.17, 15) is 9.59 Å². The number of hydrogen-bond acceptors (Lipinski definition) is 6. The third-order valence-corrected chi connectivity index (χ3v) is 3.70. The molecule has 1 aromatic carbocycles. The number of nitrogens with zero attached hydrogens (tertiary/aromatic N) is 2. The number of carbonyl (C=O) groups excluding carboxylic acids is 1. The van der Waals surface area contributed by atoms with Crippen LogP contribution in [0.25, 0.3) is 21.7 Å². The first kappa shape index (κ1) is 13.7. The SMILES string of the molecule is CC(=O)Nc1nnc(-c2cc(=O)c3cc(Cl)ccc3o2)s1. The number of aromatic nitrogens is 2. The van der Waals surface area contributed by atoms with Crippen molar-refractivity contribution in [2.75, 3.05) is 5.32 Å². The highest BCUT2D eigenvalue weighted by molar-refractivity contribution is 7.18. The topological polar surface area (TPSA) is 85.1 Å². The zero-order valence-corrected chi connectivity index (χ0v) is 12.3. The van der Waals surface area contributed by atoms with E-state index >= 15 is 0 Å². The van der Waals surface area contributed by atoms with Crippen LogP contribution in [0.15, 0.2) is 33.5 Å². The molecule has 2 aromatic heterocycles. The van der Waals surface area contributed by atoms with E-state index in [0.29, 0.717) is 31.9 Å². The minimum atomic E-state index is -0.243. The number of fused-ring (bicyclic) bond motifs is 1. The summed E-state index contributed by atoms with van der Waals surface area (Å²) in [5.41, 5.74) is 0.197. The zero-order valence-electron chi connectivity index (χ0n) is 10.7. The molecular weight excluding hydrogens is 314 g/mol. The number of benzene rings is 1. The van der Waals surface area contributed by atoms with Gasteiger partial charge >= 0.3 is 0 Å². The Hall–Kier alpha value is -2.25. The summed E-state index contributed by atoms with van der Waals surface area (Å²) in [7, 11) is 0. The van der Waals surface area contributed by atoms with E-state index in [4.69, 9.17) is 16.0 Å². The van der Waals surface area contributed by atoms with Crippen molar-refractivity contribution in [1.82, 2.24) is 10.2 Å². The largest absolute Gasteiger partial charge is 0.453 e. The molecule has 0 aliphatic rings. The lowest BCUT2D eigenvalue weighted by atomic mass is 10.2. The molecule has 0 saturated carbocycles. The third kappa shape index (κ3) is 2.79. The summed E-state index contributed by atoms with van der Waals surface area (Å²) in [6.07, 6.45) is 0. The van der Waals surface area contributed by atoms with Crippen LogP contribution in [0.2, 0.25) is 5.02 Å². The Morgan fingerprint density at radius 3 is 2.90 bits per heavy atom. The van der Waals surface area contributed by atoms with Crippen molar-refractivity contribution in [3.05, 3.63) is 39.5 Å². The molecule has 106 valence electrons. The van der Waals surface area contributed by atoms with Gasteiger partial charge in [-0.3, -0.25) is 9.59 Å². The maximum absolute atomic E-state index is 12.1. The highest BCUT2D eigenvalue weighted by Crippen LogP contribution is 2.28. The number of halogens is 1. The molecule has 6 nitrogen and oxygen atoms in total. The molecule has 3 rings (SSSR count). The van der Waals surface area contributed by atoms with Gasteiger partial charge in [-0.05, 0) is 18.2 Å². The van der Waals surface area contributed by atoms with Crippen molar-refractivity contribution < 1.29 is 9.21 Å².